The van der Waals surface area contributed by atoms with Crippen LogP contribution in [0.1, 0.15) is 5.56 Å². The molecule has 17 heavy (non-hydrogen) atoms. The molecule has 1 aromatic heterocycles. The van der Waals surface area contributed by atoms with E-state index >= 15 is 0 Å². The molecule has 0 amide bonds. The van der Waals surface area contributed by atoms with Crippen LogP contribution in [0.15, 0.2) is 47.4 Å². The van der Waals surface area contributed by atoms with Crippen molar-refractivity contribution in [2.45, 2.75) is 6.42 Å². The van der Waals surface area contributed by atoms with E-state index < -0.39 is 5.97 Å². The summed E-state index contributed by atoms with van der Waals surface area (Å²) in [6.07, 6.45) is 1.25. The fourth-order valence-electron chi connectivity index (χ4n) is 1.73. The highest BCUT2D eigenvalue weighted by molar-refractivity contribution is 5.76. The SMILES string of the molecule is O=C(O)Cc1c(-c2ccccc2)cc[nH]c1=O. The molecule has 4 nitrogen and oxygen atoms in total. The maximum absolute atomic E-state index is 11.6. The van der Waals surface area contributed by atoms with Crippen molar-refractivity contribution in [2.75, 3.05) is 0 Å². The van der Waals surface area contributed by atoms with Gasteiger partial charge in [0.2, 0.25) is 0 Å². The van der Waals surface area contributed by atoms with Gasteiger partial charge in [-0.2, -0.15) is 0 Å². The topological polar surface area (TPSA) is 70.2 Å². The second-order valence-electron chi connectivity index (χ2n) is 3.64. The summed E-state index contributed by atoms with van der Waals surface area (Å²) < 4.78 is 0. The number of aliphatic carboxylic acids is 1. The Balaban J connectivity index is 2.58. The maximum atomic E-state index is 11.6. The summed E-state index contributed by atoms with van der Waals surface area (Å²) in [7, 11) is 0. The zero-order valence-corrected chi connectivity index (χ0v) is 9.01. The molecule has 0 fully saturated rings. The number of H-pyrrole nitrogens is 1. The van der Waals surface area contributed by atoms with E-state index in [4.69, 9.17) is 5.11 Å². The molecule has 2 rings (SSSR count). The van der Waals surface area contributed by atoms with Crippen molar-refractivity contribution in [3.05, 3.63) is 58.5 Å². The van der Waals surface area contributed by atoms with Crippen molar-refractivity contribution in [1.82, 2.24) is 4.98 Å². The van der Waals surface area contributed by atoms with Crippen molar-refractivity contribution in [1.29, 1.82) is 0 Å². The minimum Gasteiger partial charge on any atom is -0.481 e. The summed E-state index contributed by atoms with van der Waals surface area (Å²) in [5, 5.41) is 8.81. The zero-order valence-electron chi connectivity index (χ0n) is 9.01. The molecule has 0 radical (unpaired) electrons. The van der Waals surface area contributed by atoms with Crippen LogP contribution < -0.4 is 5.56 Å². The van der Waals surface area contributed by atoms with Gasteiger partial charge in [-0.3, -0.25) is 9.59 Å². The number of aromatic nitrogens is 1. The molecule has 1 aromatic carbocycles. The number of carbonyl (C=O) groups is 1. The van der Waals surface area contributed by atoms with Crippen molar-refractivity contribution in [3.63, 3.8) is 0 Å². The third-order valence-corrected chi connectivity index (χ3v) is 2.48. The molecular formula is C13H11NO3. The molecule has 2 N–H and O–H groups in total. The minimum absolute atomic E-state index is 0.277. The fourth-order valence-corrected chi connectivity index (χ4v) is 1.73. The number of benzene rings is 1. The summed E-state index contributed by atoms with van der Waals surface area (Å²) in [4.78, 5) is 24.9. The first-order chi connectivity index (χ1) is 8.18. The Hall–Kier alpha value is -2.36. The molecule has 2 aromatic rings. The molecular weight excluding hydrogens is 218 g/mol. The molecule has 0 unspecified atom stereocenters. The lowest BCUT2D eigenvalue weighted by Crippen LogP contribution is -2.17. The second kappa shape index (κ2) is 4.65. The Bertz CT molecular complexity index is 587. The van der Waals surface area contributed by atoms with Gasteiger partial charge in [0, 0.05) is 11.8 Å². The van der Waals surface area contributed by atoms with Gasteiger partial charge in [-0.05, 0) is 17.2 Å². The van der Waals surface area contributed by atoms with E-state index in [1.807, 2.05) is 30.3 Å². The average molecular weight is 229 g/mol. The lowest BCUT2D eigenvalue weighted by atomic mass is 10.00. The molecule has 0 aliphatic rings. The van der Waals surface area contributed by atoms with E-state index in [2.05, 4.69) is 4.98 Å². The van der Waals surface area contributed by atoms with E-state index in [9.17, 15) is 9.59 Å². The van der Waals surface area contributed by atoms with Crippen molar-refractivity contribution >= 4 is 5.97 Å². The third-order valence-electron chi connectivity index (χ3n) is 2.48. The second-order valence-corrected chi connectivity index (χ2v) is 3.64. The van der Waals surface area contributed by atoms with E-state index in [0.717, 1.165) is 5.56 Å². The number of rotatable bonds is 3. The number of pyridine rings is 1. The maximum Gasteiger partial charge on any atom is 0.308 e. The van der Waals surface area contributed by atoms with Gasteiger partial charge in [-0.25, -0.2) is 0 Å². The van der Waals surface area contributed by atoms with Gasteiger partial charge in [-0.15, -0.1) is 0 Å². The van der Waals surface area contributed by atoms with E-state index in [1.165, 1.54) is 6.20 Å². The fraction of sp³-hybridized carbons (Fsp3) is 0.0769. The Kier molecular flexibility index (Phi) is 3.05. The van der Waals surface area contributed by atoms with Gasteiger partial charge in [0.05, 0.1) is 6.42 Å². The summed E-state index contributed by atoms with van der Waals surface area (Å²) >= 11 is 0. The summed E-state index contributed by atoms with van der Waals surface area (Å²) in [6, 6.07) is 11.0. The summed E-state index contributed by atoms with van der Waals surface area (Å²) in [5.41, 5.74) is 1.44. The van der Waals surface area contributed by atoms with Gasteiger partial charge >= 0.3 is 5.97 Å². The highest BCUT2D eigenvalue weighted by Gasteiger charge is 2.11. The van der Waals surface area contributed by atoms with Gasteiger partial charge in [0.15, 0.2) is 0 Å². The van der Waals surface area contributed by atoms with E-state index in [1.54, 1.807) is 6.07 Å². The molecule has 0 saturated carbocycles. The van der Waals surface area contributed by atoms with Crippen molar-refractivity contribution in [3.8, 4) is 11.1 Å². The van der Waals surface area contributed by atoms with Crippen LogP contribution in [0.3, 0.4) is 0 Å². The standard InChI is InChI=1S/C13H11NO3/c15-12(16)8-11-10(6-7-14-13(11)17)9-4-2-1-3-5-9/h1-7H,8H2,(H,14,17)(H,15,16). The normalized spacial score (nSPS) is 10.1. The first-order valence-electron chi connectivity index (χ1n) is 5.16. The molecule has 0 bridgehead atoms. The average Bonchev–Trinajstić information content (AvgIpc) is 2.32. The van der Waals surface area contributed by atoms with Crippen LogP contribution in [0.4, 0.5) is 0 Å². The lowest BCUT2D eigenvalue weighted by molar-refractivity contribution is -0.136. The van der Waals surface area contributed by atoms with Crippen LogP contribution >= 0.6 is 0 Å². The Morgan fingerprint density at radius 1 is 1.18 bits per heavy atom. The van der Waals surface area contributed by atoms with Crippen molar-refractivity contribution < 1.29 is 9.90 Å². The van der Waals surface area contributed by atoms with Crippen LogP contribution in [0.2, 0.25) is 0 Å². The van der Waals surface area contributed by atoms with Crippen LogP contribution in [-0.2, 0) is 11.2 Å². The first kappa shape index (κ1) is 11.1. The largest absolute Gasteiger partial charge is 0.481 e. The van der Waals surface area contributed by atoms with Gasteiger partial charge in [0.1, 0.15) is 0 Å². The van der Waals surface area contributed by atoms with Gasteiger partial charge in [-0.1, -0.05) is 30.3 Å². The molecule has 0 aliphatic heterocycles. The first-order valence-corrected chi connectivity index (χ1v) is 5.16. The number of aromatic amines is 1. The molecule has 1 heterocycles. The molecule has 0 spiro atoms. The molecule has 0 saturated heterocycles. The van der Waals surface area contributed by atoms with E-state index in [-0.39, 0.29) is 17.5 Å². The number of carboxylic acid groups (broad SMARTS) is 1. The summed E-state index contributed by atoms with van der Waals surface area (Å²) in [5.74, 6) is -1.01. The smallest absolute Gasteiger partial charge is 0.308 e. The Morgan fingerprint density at radius 3 is 2.53 bits per heavy atom. The molecule has 0 atom stereocenters. The number of carboxylic acids is 1. The minimum atomic E-state index is -1.01. The third kappa shape index (κ3) is 2.42. The van der Waals surface area contributed by atoms with Crippen LogP contribution in [-0.4, -0.2) is 16.1 Å². The molecule has 86 valence electrons. The highest BCUT2D eigenvalue weighted by atomic mass is 16.4. The van der Waals surface area contributed by atoms with Crippen LogP contribution in [0, 0.1) is 0 Å². The zero-order chi connectivity index (χ0) is 12.3. The number of hydrogen-bond donors (Lipinski definition) is 2. The molecule has 4 heteroatoms. The predicted octanol–water partition coefficient (Wildman–Crippen LogP) is 1.67. The van der Waals surface area contributed by atoms with Gasteiger partial charge < -0.3 is 10.1 Å². The molecule has 0 aliphatic carbocycles. The Labute approximate surface area is 97.6 Å². The van der Waals surface area contributed by atoms with E-state index in [0.29, 0.717) is 5.56 Å². The monoisotopic (exact) mass is 229 g/mol. The highest BCUT2D eigenvalue weighted by Crippen LogP contribution is 2.20. The lowest BCUT2D eigenvalue weighted by Gasteiger charge is -2.06. The van der Waals surface area contributed by atoms with Gasteiger partial charge in [0.25, 0.3) is 5.56 Å². The summed E-state index contributed by atoms with van der Waals surface area (Å²) in [6.45, 7) is 0. The van der Waals surface area contributed by atoms with Crippen LogP contribution in [0.25, 0.3) is 11.1 Å². The quantitative estimate of drug-likeness (QED) is 0.841. The Morgan fingerprint density at radius 2 is 1.88 bits per heavy atom. The number of nitrogens with one attached hydrogen (secondary N) is 1. The van der Waals surface area contributed by atoms with Crippen LogP contribution in [0.5, 0.6) is 0 Å². The van der Waals surface area contributed by atoms with Crippen molar-refractivity contribution in [2.24, 2.45) is 0 Å². The predicted molar refractivity (Wildman–Crippen MR) is 63.8 cm³/mol. The number of hydrogen-bond acceptors (Lipinski definition) is 2.